The summed E-state index contributed by atoms with van der Waals surface area (Å²) >= 11 is 0. The predicted octanol–water partition coefficient (Wildman–Crippen LogP) is 3.54. The molecule has 1 aliphatic rings. The van der Waals surface area contributed by atoms with Crippen molar-refractivity contribution in [1.82, 2.24) is 24.5 Å². The van der Waals surface area contributed by atoms with E-state index >= 15 is 0 Å². The number of hydrogen-bond acceptors (Lipinski definition) is 6. The van der Waals surface area contributed by atoms with E-state index in [0.717, 1.165) is 0 Å². The molecule has 1 aliphatic heterocycles. The van der Waals surface area contributed by atoms with Crippen molar-refractivity contribution in [3.05, 3.63) is 60.3 Å². The number of primary amides is 1. The molecule has 0 radical (unpaired) electrons. The van der Waals surface area contributed by atoms with Crippen LogP contribution in [-0.2, 0) is 0 Å². The summed E-state index contributed by atoms with van der Waals surface area (Å²) in [6, 6.07) is 8.65. The number of nitrogens with one attached hydrogen (secondary N) is 1. The van der Waals surface area contributed by atoms with Crippen LogP contribution in [-0.4, -0.2) is 53.7 Å². The summed E-state index contributed by atoms with van der Waals surface area (Å²) in [6.07, 6.45) is 4.39. The first-order valence-corrected chi connectivity index (χ1v) is 11.4. The summed E-state index contributed by atoms with van der Waals surface area (Å²) in [5.41, 5.74) is 5.08. The predicted molar refractivity (Wildman–Crippen MR) is 128 cm³/mol. The largest absolute Gasteiger partial charge is 0.465 e. The molecule has 2 unspecified atom stereocenters. The van der Waals surface area contributed by atoms with Gasteiger partial charge in [0.1, 0.15) is 11.4 Å². The monoisotopic (exact) mass is 494 g/mol. The highest BCUT2D eigenvalue weighted by atomic mass is 19.1. The molecule has 0 saturated carbocycles. The second kappa shape index (κ2) is 9.69. The third-order valence-electron chi connectivity index (χ3n) is 6.77. The molecule has 1 fully saturated rings. The van der Waals surface area contributed by atoms with Crippen molar-refractivity contribution in [1.29, 1.82) is 5.26 Å². The highest BCUT2D eigenvalue weighted by molar-refractivity contribution is 5.98. The number of carbonyl (C=O) groups excluding carboxylic acids is 1. The van der Waals surface area contributed by atoms with Crippen molar-refractivity contribution in [2.75, 3.05) is 11.9 Å². The number of amides is 2. The van der Waals surface area contributed by atoms with Crippen LogP contribution in [0.3, 0.4) is 0 Å². The molecule has 4 atom stereocenters. The van der Waals surface area contributed by atoms with Crippen LogP contribution < -0.4 is 11.1 Å². The molecule has 0 spiro atoms. The Labute approximate surface area is 206 Å². The van der Waals surface area contributed by atoms with Gasteiger partial charge in [-0.3, -0.25) is 14.2 Å². The van der Waals surface area contributed by atoms with Crippen LogP contribution >= 0.6 is 0 Å². The molecule has 3 heterocycles. The van der Waals surface area contributed by atoms with Gasteiger partial charge in [-0.05, 0) is 57.0 Å². The lowest BCUT2D eigenvalue weighted by Crippen LogP contribution is -2.61. The van der Waals surface area contributed by atoms with Crippen LogP contribution in [0.1, 0.15) is 49.1 Å². The molecule has 12 heteroatoms. The number of piperidine rings is 1. The number of carbonyl (C=O) groups is 2. The number of halogens is 1. The lowest BCUT2D eigenvalue weighted by Gasteiger charge is -2.51. The van der Waals surface area contributed by atoms with Gasteiger partial charge in [-0.1, -0.05) is 0 Å². The minimum atomic E-state index is -1.11. The molecule has 36 heavy (non-hydrogen) atoms. The van der Waals surface area contributed by atoms with Gasteiger partial charge in [0, 0.05) is 30.8 Å². The van der Waals surface area contributed by atoms with E-state index in [1.807, 2.05) is 6.92 Å². The van der Waals surface area contributed by atoms with Gasteiger partial charge in [0.2, 0.25) is 0 Å². The Bertz CT molecular complexity index is 1280. The van der Waals surface area contributed by atoms with Crippen LogP contribution in [0.5, 0.6) is 0 Å². The molecule has 2 amide bonds. The number of nitrogens with two attached hydrogens (primary N) is 1. The van der Waals surface area contributed by atoms with E-state index in [4.69, 9.17) is 5.73 Å². The van der Waals surface area contributed by atoms with Crippen LogP contribution in [0.4, 0.5) is 20.7 Å². The Morgan fingerprint density at radius 1 is 1.39 bits per heavy atom. The highest BCUT2D eigenvalue weighted by Gasteiger charge is 2.52. The molecule has 1 saturated heterocycles. The standard InChI is InChI=1S/C24H27FN8O3/c1-15(32-10-3-9-28-32)12-24(2)20(16(13-26)8-11-31(24)23(35)36)33-14-19(21(27)34)22(30-33)29-18-6-4-17(25)5-7-18/h3-7,9-10,14-16,20H,8,11-12H2,1-2H3,(H2,27,34)(H,29,30)(H,35,36)/t15?,16-,20-,24?/m0/s1. The molecule has 0 bridgehead atoms. The summed E-state index contributed by atoms with van der Waals surface area (Å²) in [5.74, 6) is -1.64. The number of rotatable bonds is 7. The van der Waals surface area contributed by atoms with Gasteiger partial charge in [0.05, 0.1) is 29.6 Å². The second-order valence-corrected chi connectivity index (χ2v) is 9.17. The summed E-state index contributed by atoms with van der Waals surface area (Å²) in [7, 11) is 0. The Morgan fingerprint density at radius 2 is 2.11 bits per heavy atom. The normalized spacial score (nSPS) is 22.6. The Morgan fingerprint density at radius 3 is 2.69 bits per heavy atom. The quantitative estimate of drug-likeness (QED) is 0.454. The summed E-state index contributed by atoms with van der Waals surface area (Å²) in [4.78, 5) is 25.9. The van der Waals surface area contributed by atoms with Crippen molar-refractivity contribution >= 4 is 23.5 Å². The van der Waals surface area contributed by atoms with E-state index in [1.54, 1.807) is 30.1 Å². The SMILES string of the molecule is CC(CC1(C)[C@@H](n2cc(C(N)=O)c(Nc3ccc(F)cc3)n2)[C@H](C#N)CCN1C(=O)O)n1cccn1. The van der Waals surface area contributed by atoms with Gasteiger partial charge in [0.15, 0.2) is 5.82 Å². The van der Waals surface area contributed by atoms with Gasteiger partial charge in [-0.15, -0.1) is 0 Å². The van der Waals surface area contributed by atoms with E-state index < -0.39 is 35.3 Å². The van der Waals surface area contributed by atoms with Gasteiger partial charge in [-0.25, -0.2) is 9.18 Å². The fourth-order valence-electron chi connectivity index (χ4n) is 5.13. The second-order valence-electron chi connectivity index (χ2n) is 9.17. The van der Waals surface area contributed by atoms with Gasteiger partial charge in [0.25, 0.3) is 5.91 Å². The maximum absolute atomic E-state index is 13.3. The molecular formula is C24H27FN8O3. The average Bonchev–Trinajstić information content (AvgIpc) is 3.50. The number of carboxylic acid groups (broad SMARTS) is 1. The van der Waals surface area contributed by atoms with Crippen LogP contribution in [0, 0.1) is 23.1 Å². The maximum Gasteiger partial charge on any atom is 0.407 e. The van der Waals surface area contributed by atoms with Crippen LogP contribution in [0.25, 0.3) is 0 Å². The Kier molecular flexibility index (Phi) is 6.65. The van der Waals surface area contributed by atoms with E-state index in [9.17, 15) is 24.3 Å². The van der Waals surface area contributed by atoms with Gasteiger partial charge < -0.3 is 21.1 Å². The zero-order valence-electron chi connectivity index (χ0n) is 19.9. The maximum atomic E-state index is 13.3. The number of benzene rings is 1. The summed E-state index contributed by atoms with van der Waals surface area (Å²) in [5, 5.41) is 31.9. The smallest absolute Gasteiger partial charge is 0.407 e. The highest BCUT2D eigenvalue weighted by Crippen LogP contribution is 2.45. The molecule has 1 aromatic carbocycles. The van der Waals surface area contributed by atoms with Crippen LogP contribution in [0.2, 0.25) is 0 Å². The first kappa shape index (κ1) is 24.7. The third-order valence-corrected chi connectivity index (χ3v) is 6.77. The van der Waals surface area contributed by atoms with E-state index in [0.29, 0.717) is 18.5 Å². The zero-order valence-corrected chi connectivity index (χ0v) is 19.9. The fraction of sp³-hybridized carbons (Fsp3) is 0.375. The molecule has 2 aromatic heterocycles. The zero-order chi connectivity index (χ0) is 26.0. The van der Waals surface area contributed by atoms with Crippen molar-refractivity contribution in [3.8, 4) is 6.07 Å². The van der Waals surface area contributed by atoms with Gasteiger partial charge >= 0.3 is 6.09 Å². The Balaban J connectivity index is 1.79. The first-order chi connectivity index (χ1) is 17.1. The van der Waals surface area contributed by atoms with Gasteiger partial charge in [-0.2, -0.15) is 15.5 Å². The number of anilines is 2. The minimum absolute atomic E-state index is 0.0611. The summed E-state index contributed by atoms with van der Waals surface area (Å²) in [6.45, 7) is 3.88. The van der Waals surface area contributed by atoms with E-state index in [-0.39, 0.29) is 24.0 Å². The molecule has 4 N–H and O–H groups in total. The van der Waals surface area contributed by atoms with Crippen LogP contribution in [0.15, 0.2) is 48.9 Å². The third kappa shape index (κ3) is 4.59. The molecule has 188 valence electrons. The van der Waals surface area contributed by atoms with Crippen molar-refractivity contribution in [2.45, 2.75) is 44.3 Å². The van der Waals surface area contributed by atoms with Crippen molar-refractivity contribution in [3.63, 3.8) is 0 Å². The van der Waals surface area contributed by atoms with Crippen molar-refractivity contribution < 1.29 is 19.1 Å². The molecular weight excluding hydrogens is 467 g/mol. The number of hydrogen-bond donors (Lipinski definition) is 3. The molecule has 4 rings (SSSR count). The fourth-order valence-corrected chi connectivity index (χ4v) is 5.13. The average molecular weight is 495 g/mol. The first-order valence-electron chi connectivity index (χ1n) is 11.4. The number of likely N-dealkylation sites (tertiary alicyclic amines) is 1. The van der Waals surface area contributed by atoms with E-state index in [1.165, 1.54) is 40.0 Å². The lowest BCUT2D eigenvalue weighted by atomic mass is 9.73. The number of nitriles is 1. The molecule has 11 nitrogen and oxygen atoms in total. The Hall–Kier alpha value is -4.40. The summed E-state index contributed by atoms with van der Waals surface area (Å²) < 4.78 is 16.5. The topological polar surface area (TPSA) is 155 Å². The number of nitrogens with zero attached hydrogens (tertiary/aromatic N) is 6. The number of aromatic nitrogens is 4. The van der Waals surface area contributed by atoms with Crippen molar-refractivity contribution in [2.24, 2.45) is 11.7 Å². The van der Waals surface area contributed by atoms with E-state index in [2.05, 4.69) is 21.6 Å². The molecule has 0 aliphatic carbocycles. The lowest BCUT2D eigenvalue weighted by molar-refractivity contribution is -0.0130. The molecule has 3 aromatic rings. The minimum Gasteiger partial charge on any atom is -0.465 e.